The maximum Gasteiger partial charge on any atom is 0.0635 e. The van der Waals surface area contributed by atoms with E-state index in [9.17, 15) is 0 Å². The van der Waals surface area contributed by atoms with Gasteiger partial charge in [0.1, 0.15) is 0 Å². The predicted octanol–water partition coefficient (Wildman–Crippen LogP) is 0.791. The number of hydrogen-bond donors (Lipinski definition) is 1. The summed E-state index contributed by atoms with van der Waals surface area (Å²) in [6.45, 7) is 3.08. The highest BCUT2D eigenvalue weighted by Crippen LogP contribution is 2.16. The second kappa shape index (κ2) is 2.95. The van der Waals surface area contributed by atoms with Crippen molar-refractivity contribution >= 4 is 15.9 Å². The normalized spacial score (nSPS) is 17.5. The first-order chi connectivity index (χ1) is 5.38. The summed E-state index contributed by atoms with van der Waals surface area (Å²) in [5, 5.41) is 7.57. The highest BCUT2D eigenvalue weighted by molar-refractivity contribution is 9.10. The van der Waals surface area contributed by atoms with Crippen LogP contribution in [0.25, 0.3) is 0 Å². The molecule has 60 valence electrons. The van der Waals surface area contributed by atoms with E-state index in [2.05, 4.69) is 31.0 Å². The van der Waals surface area contributed by atoms with Gasteiger partial charge in [0.15, 0.2) is 0 Å². The zero-order valence-electron chi connectivity index (χ0n) is 6.18. The van der Waals surface area contributed by atoms with Crippen molar-refractivity contribution in [1.29, 1.82) is 0 Å². The summed E-state index contributed by atoms with van der Waals surface area (Å²) < 4.78 is 3.20. The van der Waals surface area contributed by atoms with E-state index < -0.39 is 0 Å². The van der Waals surface area contributed by atoms with Crippen molar-refractivity contribution in [3.05, 3.63) is 16.4 Å². The molecule has 1 aliphatic heterocycles. The Labute approximate surface area is 73.9 Å². The summed E-state index contributed by atoms with van der Waals surface area (Å²) in [5.41, 5.74) is 1.31. The highest BCUT2D eigenvalue weighted by atomic mass is 79.9. The topological polar surface area (TPSA) is 29.9 Å². The van der Waals surface area contributed by atoms with Crippen LogP contribution in [0, 0.1) is 0 Å². The van der Waals surface area contributed by atoms with Crippen molar-refractivity contribution in [2.75, 3.05) is 13.1 Å². The quantitative estimate of drug-likeness (QED) is 0.694. The predicted molar refractivity (Wildman–Crippen MR) is 46.5 cm³/mol. The maximum atomic E-state index is 4.25. The molecule has 2 heterocycles. The van der Waals surface area contributed by atoms with Crippen molar-refractivity contribution < 1.29 is 0 Å². The first kappa shape index (κ1) is 7.31. The number of rotatable bonds is 0. The molecule has 2 rings (SSSR count). The fourth-order valence-corrected chi connectivity index (χ4v) is 1.84. The minimum Gasteiger partial charge on any atom is -0.315 e. The Balaban J connectivity index is 2.35. The lowest BCUT2D eigenvalue weighted by Crippen LogP contribution is -2.17. The number of aromatic nitrogens is 2. The smallest absolute Gasteiger partial charge is 0.0635 e. The first-order valence-electron chi connectivity index (χ1n) is 3.79. The van der Waals surface area contributed by atoms with E-state index in [1.54, 1.807) is 0 Å². The second-order valence-corrected chi connectivity index (χ2v) is 3.52. The van der Waals surface area contributed by atoms with E-state index >= 15 is 0 Å². The Morgan fingerprint density at radius 3 is 3.36 bits per heavy atom. The molecule has 0 saturated carbocycles. The van der Waals surface area contributed by atoms with Crippen LogP contribution >= 0.6 is 15.9 Å². The summed E-state index contributed by atoms with van der Waals surface area (Å²) in [6.07, 6.45) is 2.95. The van der Waals surface area contributed by atoms with E-state index in [4.69, 9.17) is 0 Å². The third-order valence-corrected chi connectivity index (χ3v) is 2.60. The minimum atomic E-state index is 0.987. The van der Waals surface area contributed by atoms with Crippen LogP contribution in [0.1, 0.15) is 5.69 Å². The monoisotopic (exact) mass is 215 g/mol. The molecule has 0 amide bonds. The highest BCUT2D eigenvalue weighted by Gasteiger charge is 2.10. The molecule has 0 radical (unpaired) electrons. The molecule has 1 aliphatic rings. The lowest BCUT2D eigenvalue weighted by molar-refractivity contribution is 0.589. The van der Waals surface area contributed by atoms with E-state index in [1.807, 2.05) is 6.20 Å². The van der Waals surface area contributed by atoms with Gasteiger partial charge in [0.05, 0.1) is 22.9 Å². The Hall–Kier alpha value is -0.350. The molecule has 1 N–H and O–H groups in total. The van der Waals surface area contributed by atoms with Gasteiger partial charge in [0, 0.05) is 19.5 Å². The molecule has 0 atom stereocenters. The molecule has 4 heteroatoms. The van der Waals surface area contributed by atoms with E-state index in [0.29, 0.717) is 0 Å². The van der Waals surface area contributed by atoms with Crippen molar-refractivity contribution in [2.45, 2.75) is 13.0 Å². The number of nitrogens with one attached hydrogen (secondary N) is 1. The van der Waals surface area contributed by atoms with Crippen LogP contribution < -0.4 is 5.32 Å². The van der Waals surface area contributed by atoms with Gasteiger partial charge in [-0.15, -0.1) is 0 Å². The van der Waals surface area contributed by atoms with Crippen LogP contribution in [0.5, 0.6) is 0 Å². The van der Waals surface area contributed by atoms with Gasteiger partial charge < -0.3 is 5.32 Å². The minimum absolute atomic E-state index is 0.987. The Morgan fingerprint density at radius 1 is 1.55 bits per heavy atom. The molecule has 11 heavy (non-hydrogen) atoms. The fraction of sp³-hybridized carbons (Fsp3) is 0.571. The second-order valence-electron chi connectivity index (χ2n) is 2.66. The summed E-state index contributed by atoms with van der Waals surface area (Å²) in [7, 11) is 0. The van der Waals surface area contributed by atoms with Crippen LogP contribution in [-0.2, 0) is 13.0 Å². The number of fused-ring (bicyclic) bond motifs is 1. The molecule has 0 bridgehead atoms. The number of nitrogens with zero attached hydrogens (tertiary/aromatic N) is 2. The van der Waals surface area contributed by atoms with Crippen LogP contribution in [0.15, 0.2) is 10.7 Å². The van der Waals surface area contributed by atoms with Crippen molar-refractivity contribution in [2.24, 2.45) is 0 Å². The molecule has 0 spiro atoms. The summed E-state index contributed by atoms with van der Waals surface area (Å²) in [6, 6.07) is 0. The largest absolute Gasteiger partial charge is 0.315 e. The zero-order chi connectivity index (χ0) is 7.68. The number of hydrogen-bond acceptors (Lipinski definition) is 2. The third kappa shape index (κ3) is 1.32. The molecule has 0 aromatic carbocycles. The molecule has 0 unspecified atom stereocenters. The molecular formula is C7H10BrN3. The third-order valence-electron chi connectivity index (χ3n) is 1.94. The van der Waals surface area contributed by atoms with Gasteiger partial charge in [-0.2, -0.15) is 5.10 Å². The molecule has 0 saturated heterocycles. The van der Waals surface area contributed by atoms with Gasteiger partial charge in [-0.3, -0.25) is 4.68 Å². The van der Waals surface area contributed by atoms with Gasteiger partial charge in [-0.1, -0.05) is 0 Å². The standard InChI is InChI=1S/C7H10BrN3/c8-6-5-10-11-4-3-9-2-1-7(6)11/h5,9H,1-4H2. The van der Waals surface area contributed by atoms with E-state index in [0.717, 1.165) is 30.5 Å². The number of halogens is 1. The molecule has 0 aliphatic carbocycles. The molecule has 1 aromatic rings. The van der Waals surface area contributed by atoms with Gasteiger partial charge >= 0.3 is 0 Å². The molecular weight excluding hydrogens is 206 g/mol. The Morgan fingerprint density at radius 2 is 2.45 bits per heavy atom. The lowest BCUT2D eigenvalue weighted by Gasteiger charge is -1.99. The van der Waals surface area contributed by atoms with Crippen LogP contribution in [0.3, 0.4) is 0 Å². The SMILES string of the molecule is Brc1cnn2c1CCNCC2. The zero-order valence-corrected chi connectivity index (χ0v) is 7.76. The van der Waals surface area contributed by atoms with Crippen LogP contribution in [-0.4, -0.2) is 22.9 Å². The first-order valence-corrected chi connectivity index (χ1v) is 4.58. The molecule has 1 aromatic heterocycles. The van der Waals surface area contributed by atoms with Gasteiger partial charge in [0.25, 0.3) is 0 Å². The maximum absolute atomic E-state index is 4.25. The average Bonchev–Trinajstić information content (AvgIpc) is 2.25. The summed E-state index contributed by atoms with van der Waals surface area (Å²) >= 11 is 3.48. The van der Waals surface area contributed by atoms with E-state index in [1.165, 1.54) is 5.69 Å². The summed E-state index contributed by atoms with van der Waals surface area (Å²) in [5.74, 6) is 0. The molecule has 3 nitrogen and oxygen atoms in total. The van der Waals surface area contributed by atoms with Crippen LogP contribution in [0.2, 0.25) is 0 Å². The van der Waals surface area contributed by atoms with Gasteiger partial charge in [-0.25, -0.2) is 0 Å². The Bertz CT molecular complexity index is 256. The van der Waals surface area contributed by atoms with Crippen molar-refractivity contribution in [3.63, 3.8) is 0 Å². The van der Waals surface area contributed by atoms with Gasteiger partial charge in [-0.05, 0) is 15.9 Å². The van der Waals surface area contributed by atoms with Crippen molar-refractivity contribution in [3.8, 4) is 0 Å². The Kier molecular flexibility index (Phi) is 1.96. The van der Waals surface area contributed by atoms with Crippen molar-refractivity contribution in [1.82, 2.24) is 15.1 Å². The van der Waals surface area contributed by atoms with Crippen LogP contribution in [0.4, 0.5) is 0 Å². The summed E-state index contributed by atoms with van der Waals surface area (Å²) in [4.78, 5) is 0. The van der Waals surface area contributed by atoms with E-state index in [-0.39, 0.29) is 0 Å². The molecule has 0 fully saturated rings. The fourth-order valence-electron chi connectivity index (χ4n) is 1.35. The van der Waals surface area contributed by atoms with Gasteiger partial charge in [0.2, 0.25) is 0 Å². The lowest BCUT2D eigenvalue weighted by atomic mass is 10.3. The average molecular weight is 216 g/mol.